The molecule has 0 fully saturated rings. The molecule has 8 aromatic rings. The number of benzene rings is 2. The molecule has 0 spiro atoms. The molecule has 6 heterocycles. The summed E-state index contributed by atoms with van der Waals surface area (Å²) in [6.45, 7) is 3.74. The number of amides is 1. The number of methoxy groups -OCH3 is 2. The van der Waals surface area contributed by atoms with E-state index in [1.165, 1.54) is 39.8 Å². The number of aryl methyl sites for hydroxylation is 2. The van der Waals surface area contributed by atoms with Crippen molar-refractivity contribution in [2.24, 2.45) is 11.8 Å². The minimum absolute atomic E-state index is 0.0749. The Morgan fingerprint density at radius 2 is 1.26 bits per heavy atom. The summed E-state index contributed by atoms with van der Waals surface area (Å²) in [6.07, 6.45) is 7.18. The van der Waals surface area contributed by atoms with Crippen molar-refractivity contribution >= 4 is 121 Å². The molecule has 0 bridgehead atoms. The summed E-state index contributed by atoms with van der Waals surface area (Å²) in [6, 6.07) is 7.63. The lowest BCUT2D eigenvalue weighted by molar-refractivity contribution is -0.142. The molecule has 4 N–H and O–H groups in total. The highest BCUT2D eigenvalue weighted by molar-refractivity contribution is 7.19. The summed E-state index contributed by atoms with van der Waals surface area (Å²) >= 11 is 5.83. The van der Waals surface area contributed by atoms with Crippen LogP contribution in [0.5, 0.6) is 11.5 Å². The number of nitrogens with one attached hydrogen (secondary N) is 2. The smallest absolute Gasteiger partial charge is 0.306 e. The number of thiophene rings is 2. The molecule has 0 unspecified atom stereocenters. The molecular formula is C41H41N11O6S4. The summed E-state index contributed by atoms with van der Waals surface area (Å²) < 4.78 is 21.0. The normalized spacial score (nSPS) is 16.1. The minimum atomic E-state index is -0.919. The van der Waals surface area contributed by atoms with Crippen molar-refractivity contribution in [3.63, 3.8) is 0 Å². The second kappa shape index (κ2) is 16.9. The minimum Gasteiger partial charge on any atom is -0.494 e. The zero-order chi connectivity index (χ0) is 43.3. The zero-order valence-corrected chi connectivity index (χ0v) is 37.5. The van der Waals surface area contributed by atoms with Gasteiger partial charge in [0, 0.05) is 41.4 Å². The first-order chi connectivity index (χ1) is 29.9. The van der Waals surface area contributed by atoms with Gasteiger partial charge in [0.2, 0.25) is 5.91 Å². The standard InChI is InChI=1S/C23H26N6O3S2.C18H15N5O3S2/c1-23(2,31)10-29(3)22(30)12-5-6-13-17(7-12)33-21-19(13)20(24-11-25-21)26-14-9-18-15(27-28-34-18)8-16(14)32-4;1-26-12-5-11-14(28-23-22-11)6-10(12)21-16-15-9-3-2-8(18(24)25)4-13(9)27-17(15)20-7-19-16/h8-9,11-12,31H,5-7,10H2,1-4H3,(H,24,25,26);5-8H,2-4H2,1H3,(H,24,25)(H,19,20,21)/t12-;8-/m00/s1. The Bertz CT molecular complexity index is 2990. The summed E-state index contributed by atoms with van der Waals surface area (Å²) in [7, 11) is 5.00. The van der Waals surface area contributed by atoms with E-state index < -0.39 is 11.6 Å². The number of rotatable bonds is 10. The second-order valence-corrected chi connectivity index (χ2v) is 19.6. The van der Waals surface area contributed by atoms with Gasteiger partial charge in [0.25, 0.3) is 0 Å². The summed E-state index contributed by atoms with van der Waals surface area (Å²) in [5.74, 6) is 1.66. The van der Waals surface area contributed by atoms with Crippen LogP contribution in [0.3, 0.4) is 0 Å². The Hall–Kier alpha value is -5.74. The van der Waals surface area contributed by atoms with Crippen LogP contribution in [0.2, 0.25) is 0 Å². The molecular weight excluding hydrogens is 871 g/mol. The van der Waals surface area contributed by atoms with Crippen LogP contribution in [0.25, 0.3) is 40.9 Å². The number of ether oxygens (including phenoxy) is 2. The van der Waals surface area contributed by atoms with E-state index in [9.17, 15) is 19.8 Å². The lowest BCUT2D eigenvalue weighted by Crippen LogP contribution is -2.43. The number of likely N-dealkylation sites (N-methyl/N-ethyl adjacent to an activating group) is 1. The predicted molar refractivity (Wildman–Crippen MR) is 242 cm³/mol. The third-order valence-electron chi connectivity index (χ3n) is 11.0. The Balaban J connectivity index is 0.000000161. The van der Waals surface area contributed by atoms with E-state index in [0.717, 1.165) is 81.3 Å². The first-order valence-electron chi connectivity index (χ1n) is 19.7. The fourth-order valence-electron chi connectivity index (χ4n) is 8.21. The van der Waals surface area contributed by atoms with Crippen molar-refractivity contribution in [3.05, 3.63) is 57.8 Å². The van der Waals surface area contributed by atoms with E-state index >= 15 is 0 Å². The molecule has 6 aromatic heterocycles. The maximum absolute atomic E-state index is 13.0. The van der Waals surface area contributed by atoms with Crippen molar-refractivity contribution in [3.8, 4) is 11.5 Å². The highest BCUT2D eigenvalue weighted by Gasteiger charge is 2.33. The van der Waals surface area contributed by atoms with Crippen molar-refractivity contribution in [1.82, 2.24) is 44.0 Å². The molecule has 0 radical (unpaired) electrons. The number of carbonyl (C=O) groups is 2. The van der Waals surface area contributed by atoms with E-state index in [0.29, 0.717) is 49.5 Å². The monoisotopic (exact) mass is 911 g/mol. The topological polar surface area (TPSA) is 223 Å². The fraction of sp³-hybridized carbons (Fsp3) is 0.366. The lowest BCUT2D eigenvalue weighted by Gasteiger charge is -2.30. The molecule has 0 saturated carbocycles. The number of carboxylic acid groups (broad SMARTS) is 1. The summed E-state index contributed by atoms with van der Waals surface area (Å²) in [5, 5.41) is 36.5. The molecule has 2 aliphatic rings. The number of aromatic nitrogens is 8. The molecule has 21 heteroatoms. The van der Waals surface area contributed by atoms with Gasteiger partial charge in [-0.1, -0.05) is 8.98 Å². The van der Waals surface area contributed by atoms with Gasteiger partial charge in [0.15, 0.2) is 0 Å². The number of nitrogens with zero attached hydrogens (tertiary/aromatic N) is 9. The van der Waals surface area contributed by atoms with E-state index in [4.69, 9.17) is 9.47 Å². The SMILES string of the molecule is COc1cc2nnsc2cc1Nc1ncnc2sc3c(c12)CC[C@H](C(=O)N(C)CC(C)(C)O)C3.COc1cc2nnsc2cc1Nc1ncnc2sc3c(c12)CC[C@H](C(=O)O)C3. The van der Waals surface area contributed by atoms with Gasteiger partial charge in [-0.3, -0.25) is 9.59 Å². The van der Waals surface area contributed by atoms with Crippen LogP contribution in [0, 0.1) is 11.8 Å². The molecule has 0 aliphatic heterocycles. The van der Waals surface area contributed by atoms with Gasteiger partial charge in [-0.2, -0.15) is 0 Å². The largest absolute Gasteiger partial charge is 0.494 e. The van der Waals surface area contributed by atoms with E-state index in [1.54, 1.807) is 69.0 Å². The molecule has 62 heavy (non-hydrogen) atoms. The molecule has 10 rings (SSSR count). The lowest BCUT2D eigenvalue weighted by atomic mass is 9.86. The van der Waals surface area contributed by atoms with Crippen molar-refractivity contribution in [2.75, 3.05) is 38.4 Å². The van der Waals surface area contributed by atoms with Gasteiger partial charge in [-0.05, 0) is 98.7 Å². The number of hydrogen-bond donors (Lipinski definition) is 4. The van der Waals surface area contributed by atoms with E-state index in [2.05, 4.69) is 49.7 Å². The highest BCUT2D eigenvalue weighted by Crippen LogP contribution is 2.44. The molecule has 2 aliphatic carbocycles. The Morgan fingerprint density at radius 3 is 1.73 bits per heavy atom. The number of carbonyl (C=O) groups excluding carboxylic acids is 1. The average Bonchev–Trinajstić information content (AvgIpc) is 4.06. The third kappa shape index (κ3) is 8.17. The van der Waals surface area contributed by atoms with Gasteiger partial charge in [0.1, 0.15) is 56.5 Å². The number of hydrogen-bond acceptors (Lipinski definition) is 19. The number of anilines is 4. The van der Waals surface area contributed by atoms with Crippen molar-refractivity contribution in [2.45, 2.75) is 58.0 Å². The Kier molecular flexibility index (Phi) is 11.3. The number of carboxylic acids is 1. The van der Waals surface area contributed by atoms with E-state index in [1.807, 2.05) is 24.3 Å². The van der Waals surface area contributed by atoms with Crippen LogP contribution >= 0.6 is 45.7 Å². The van der Waals surface area contributed by atoms with Crippen LogP contribution in [-0.2, 0) is 35.3 Å². The van der Waals surface area contributed by atoms with Crippen LogP contribution in [-0.4, -0.2) is 99.5 Å². The number of fused-ring (bicyclic) bond motifs is 8. The van der Waals surface area contributed by atoms with Crippen LogP contribution in [0.4, 0.5) is 23.0 Å². The first-order valence-corrected chi connectivity index (χ1v) is 22.9. The molecule has 0 saturated heterocycles. The second-order valence-electron chi connectivity index (χ2n) is 15.9. The van der Waals surface area contributed by atoms with Gasteiger partial charge >= 0.3 is 5.97 Å². The average molecular weight is 912 g/mol. The quantitative estimate of drug-likeness (QED) is 0.105. The molecule has 1 amide bonds. The van der Waals surface area contributed by atoms with Crippen molar-refractivity contribution < 1.29 is 29.3 Å². The summed E-state index contributed by atoms with van der Waals surface area (Å²) in [4.78, 5) is 48.0. The molecule has 17 nitrogen and oxygen atoms in total. The predicted octanol–water partition coefficient (Wildman–Crippen LogP) is 7.42. The van der Waals surface area contributed by atoms with Gasteiger partial charge in [-0.15, -0.1) is 32.9 Å². The molecule has 2 aromatic carbocycles. The zero-order valence-electron chi connectivity index (χ0n) is 34.3. The molecule has 2 atom stereocenters. The first kappa shape index (κ1) is 41.6. The van der Waals surface area contributed by atoms with Crippen LogP contribution in [0.15, 0.2) is 36.9 Å². The maximum Gasteiger partial charge on any atom is 0.306 e. The van der Waals surface area contributed by atoms with Gasteiger partial charge in [0.05, 0.1) is 57.3 Å². The fourth-order valence-corrected chi connectivity index (χ4v) is 11.9. The van der Waals surface area contributed by atoms with Crippen molar-refractivity contribution in [1.29, 1.82) is 0 Å². The number of aliphatic hydroxyl groups is 1. The van der Waals surface area contributed by atoms with E-state index in [-0.39, 0.29) is 17.7 Å². The van der Waals surface area contributed by atoms with Gasteiger partial charge in [-0.25, -0.2) is 19.9 Å². The Morgan fingerprint density at radius 1 is 0.774 bits per heavy atom. The molecule has 320 valence electrons. The number of aliphatic carboxylic acids is 1. The highest BCUT2D eigenvalue weighted by atomic mass is 32.1. The van der Waals surface area contributed by atoms with Crippen LogP contribution < -0.4 is 20.1 Å². The maximum atomic E-state index is 13.0. The summed E-state index contributed by atoms with van der Waals surface area (Å²) in [5.41, 5.74) is 4.58. The Labute approximate surface area is 370 Å². The van der Waals surface area contributed by atoms with Gasteiger partial charge < -0.3 is 35.2 Å². The van der Waals surface area contributed by atoms with Crippen LogP contribution in [0.1, 0.15) is 47.6 Å². The third-order valence-corrected chi connectivity index (χ3v) is 14.7.